The number of aryl methyl sites for hydroxylation is 1. The zero-order valence-corrected chi connectivity index (χ0v) is 11.5. The van der Waals surface area contributed by atoms with Crippen molar-refractivity contribution >= 4 is 17.4 Å². The molecule has 1 nitrogen and oxygen atoms in total. The van der Waals surface area contributed by atoms with Crippen LogP contribution in [0, 0.1) is 0 Å². The van der Waals surface area contributed by atoms with Crippen LogP contribution >= 0.6 is 11.6 Å². The molecule has 98 valence electrons. The molecular formula is C17H17ClO. The van der Waals surface area contributed by atoms with Crippen molar-refractivity contribution in [3.63, 3.8) is 0 Å². The maximum absolute atomic E-state index is 12.0. The predicted octanol–water partition coefficient (Wildman–Crippen LogP) is 4.04. The predicted molar refractivity (Wildman–Crippen MR) is 79.6 cm³/mol. The third-order valence-corrected chi connectivity index (χ3v) is 3.51. The lowest BCUT2D eigenvalue weighted by atomic mass is 10.0. The Morgan fingerprint density at radius 2 is 1.42 bits per heavy atom. The average molecular weight is 273 g/mol. The molecular weight excluding hydrogens is 256 g/mol. The molecule has 2 heteroatoms. The molecule has 0 N–H and O–H groups in total. The number of benzene rings is 2. The Labute approximate surface area is 119 Å². The SMILES string of the molecule is O=C(CCc1ccccc1)C(Cl)Cc1ccccc1. The molecule has 0 aliphatic rings. The van der Waals surface area contributed by atoms with Gasteiger partial charge in [0.25, 0.3) is 0 Å². The first-order valence-corrected chi connectivity index (χ1v) is 6.94. The van der Waals surface area contributed by atoms with E-state index in [0.29, 0.717) is 12.8 Å². The molecule has 0 radical (unpaired) electrons. The monoisotopic (exact) mass is 272 g/mol. The van der Waals surface area contributed by atoms with Crippen molar-refractivity contribution in [2.24, 2.45) is 0 Å². The van der Waals surface area contributed by atoms with Crippen LogP contribution in [-0.2, 0) is 17.6 Å². The van der Waals surface area contributed by atoms with Crippen LogP contribution in [-0.4, -0.2) is 11.2 Å². The number of carbonyl (C=O) groups is 1. The summed E-state index contributed by atoms with van der Waals surface area (Å²) in [4.78, 5) is 12.0. The van der Waals surface area contributed by atoms with E-state index in [1.807, 2.05) is 60.7 Å². The molecule has 0 heterocycles. The number of halogens is 1. The van der Waals surface area contributed by atoms with E-state index >= 15 is 0 Å². The molecule has 0 aliphatic carbocycles. The van der Waals surface area contributed by atoms with Gasteiger partial charge < -0.3 is 0 Å². The summed E-state index contributed by atoms with van der Waals surface area (Å²) in [5.74, 6) is 0.120. The number of carbonyl (C=O) groups excluding carboxylic acids is 1. The summed E-state index contributed by atoms with van der Waals surface area (Å²) < 4.78 is 0. The average Bonchev–Trinajstić information content (AvgIpc) is 2.47. The minimum absolute atomic E-state index is 0.120. The molecule has 0 amide bonds. The highest BCUT2D eigenvalue weighted by Crippen LogP contribution is 2.12. The largest absolute Gasteiger partial charge is 0.298 e. The summed E-state index contributed by atoms with van der Waals surface area (Å²) in [5, 5.41) is -0.425. The van der Waals surface area contributed by atoms with Crippen LogP contribution in [0.2, 0.25) is 0 Å². The summed E-state index contributed by atoms with van der Waals surface area (Å²) in [6.45, 7) is 0. The summed E-state index contributed by atoms with van der Waals surface area (Å²) in [6, 6.07) is 19.9. The fourth-order valence-electron chi connectivity index (χ4n) is 2.00. The first-order valence-electron chi connectivity index (χ1n) is 6.50. The van der Waals surface area contributed by atoms with Gasteiger partial charge in [0.15, 0.2) is 5.78 Å². The van der Waals surface area contributed by atoms with Crippen LogP contribution < -0.4 is 0 Å². The summed E-state index contributed by atoms with van der Waals surface area (Å²) in [5.41, 5.74) is 2.29. The first-order chi connectivity index (χ1) is 9.25. The quantitative estimate of drug-likeness (QED) is 0.726. The van der Waals surface area contributed by atoms with Crippen LogP contribution in [0.1, 0.15) is 17.5 Å². The molecule has 2 rings (SSSR count). The van der Waals surface area contributed by atoms with Crippen molar-refractivity contribution in [3.8, 4) is 0 Å². The van der Waals surface area contributed by atoms with Crippen LogP contribution in [0.4, 0.5) is 0 Å². The van der Waals surface area contributed by atoms with Crippen molar-refractivity contribution in [1.29, 1.82) is 0 Å². The topological polar surface area (TPSA) is 17.1 Å². The molecule has 0 spiro atoms. The van der Waals surface area contributed by atoms with E-state index < -0.39 is 5.38 Å². The smallest absolute Gasteiger partial charge is 0.151 e. The van der Waals surface area contributed by atoms with Crippen molar-refractivity contribution in [1.82, 2.24) is 0 Å². The molecule has 2 aromatic rings. The summed E-state index contributed by atoms with van der Waals surface area (Å²) in [6.07, 6.45) is 1.87. The van der Waals surface area contributed by atoms with Gasteiger partial charge in [0, 0.05) is 6.42 Å². The van der Waals surface area contributed by atoms with Gasteiger partial charge in [-0.25, -0.2) is 0 Å². The number of hydrogen-bond acceptors (Lipinski definition) is 1. The highest BCUT2D eigenvalue weighted by Gasteiger charge is 2.15. The van der Waals surface area contributed by atoms with Crippen LogP contribution in [0.5, 0.6) is 0 Å². The highest BCUT2D eigenvalue weighted by molar-refractivity contribution is 6.31. The second-order valence-corrected chi connectivity index (χ2v) is 5.14. The van der Waals surface area contributed by atoms with Crippen LogP contribution in [0.15, 0.2) is 60.7 Å². The Hall–Kier alpha value is -1.60. The van der Waals surface area contributed by atoms with Crippen molar-refractivity contribution in [3.05, 3.63) is 71.8 Å². The van der Waals surface area contributed by atoms with Crippen molar-refractivity contribution in [2.75, 3.05) is 0 Å². The third kappa shape index (κ3) is 4.53. The zero-order chi connectivity index (χ0) is 13.5. The molecule has 0 saturated carbocycles. The van der Waals surface area contributed by atoms with E-state index in [1.54, 1.807) is 0 Å². The summed E-state index contributed by atoms with van der Waals surface area (Å²) >= 11 is 6.18. The van der Waals surface area contributed by atoms with Gasteiger partial charge in [-0.1, -0.05) is 60.7 Å². The summed E-state index contributed by atoms with van der Waals surface area (Å²) in [7, 11) is 0. The highest BCUT2D eigenvalue weighted by atomic mass is 35.5. The third-order valence-electron chi connectivity index (χ3n) is 3.11. The lowest BCUT2D eigenvalue weighted by Gasteiger charge is -2.08. The maximum atomic E-state index is 12.0. The lowest BCUT2D eigenvalue weighted by Crippen LogP contribution is -2.17. The molecule has 0 aromatic heterocycles. The number of alkyl halides is 1. The van der Waals surface area contributed by atoms with Gasteiger partial charge in [0.1, 0.15) is 0 Å². The van der Waals surface area contributed by atoms with E-state index in [-0.39, 0.29) is 5.78 Å². The molecule has 2 aromatic carbocycles. The molecule has 0 bridgehead atoms. The van der Waals surface area contributed by atoms with E-state index in [9.17, 15) is 4.79 Å². The minimum atomic E-state index is -0.425. The number of ketones is 1. The van der Waals surface area contributed by atoms with Gasteiger partial charge in [-0.2, -0.15) is 0 Å². The standard InChI is InChI=1S/C17H17ClO/c18-16(13-15-9-5-2-6-10-15)17(19)12-11-14-7-3-1-4-8-14/h1-10,16H,11-13H2. The van der Waals surface area contributed by atoms with Crippen molar-refractivity contribution < 1.29 is 4.79 Å². The maximum Gasteiger partial charge on any atom is 0.151 e. The van der Waals surface area contributed by atoms with E-state index in [2.05, 4.69) is 0 Å². The Balaban J connectivity index is 1.83. The van der Waals surface area contributed by atoms with Gasteiger partial charge in [0.05, 0.1) is 5.38 Å². The fraction of sp³-hybridized carbons (Fsp3) is 0.235. The Morgan fingerprint density at radius 3 is 2.00 bits per heavy atom. The van der Waals surface area contributed by atoms with Gasteiger partial charge >= 0.3 is 0 Å². The normalized spacial score (nSPS) is 12.1. The van der Waals surface area contributed by atoms with E-state index in [4.69, 9.17) is 11.6 Å². The lowest BCUT2D eigenvalue weighted by molar-refractivity contribution is -0.118. The van der Waals surface area contributed by atoms with Gasteiger partial charge in [-0.3, -0.25) is 4.79 Å². The van der Waals surface area contributed by atoms with Crippen LogP contribution in [0.3, 0.4) is 0 Å². The van der Waals surface area contributed by atoms with Crippen molar-refractivity contribution in [2.45, 2.75) is 24.6 Å². The van der Waals surface area contributed by atoms with Gasteiger partial charge in [-0.15, -0.1) is 11.6 Å². The number of hydrogen-bond donors (Lipinski definition) is 0. The van der Waals surface area contributed by atoms with E-state index in [0.717, 1.165) is 12.0 Å². The molecule has 19 heavy (non-hydrogen) atoms. The second kappa shape index (κ2) is 7.10. The second-order valence-electron chi connectivity index (χ2n) is 4.61. The fourth-order valence-corrected chi connectivity index (χ4v) is 2.29. The number of rotatable bonds is 6. The van der Waals surface area contributed by atoms with Gasteiger partial charge in [-0.05, 0) is 24.0 Å². The zero-order valence-electron chi connectivity index (χ0n) is 10.8. The molecule has 0 saturated heterocycles. The Kier molecular flexibility index (Phi) is 5.17. The molecule has 1 atom stereocenters. The Bertz CT molecular complexity index is 507. The van der Waals surface area contributed by atoms with Crippen LogP contribution in [0.25, 0.3) is 0 Å². The number of Topliss-reactive ketones (excluding diaryl/α,β-unsaturated/α-hetero) is 1. The van der Waals surface area contributed by atoms with E-state index in [1.165, 1.54) is 5.56 Å². The minimum Gasteiger partial charge on any atom is -0.298 e. The molecule has 0 aliphatic heterocycles. The van der Waals surface area contributed by atoms with Gasteiger partial charge in [0.2, 0.25) is 0 Å². The molecule has 1 unspecified atom stereocenters. The first kappa shape index (κ1) is 13.8. The molecule has 0 fully saturated rings. The Morgan fingerprint density at radius 1 is 0.895 bits per heavy atom.